The van der Waals surface area contributed by atoms with E-state index in [1.165, 1.54) is 26.2 Å². The summed E-state index contributed by atoms with van der Waals surface area (Å²) in [5, 5.41) is 5.63. The smallest absolute Gasteiger partial charge is 0.243 e. The summed E-state index contributed by atoms with van der Waals surface area (Å²) in [7, 11) is 4.62. The fourth-order valence-electron chi connectivity index (χ4n) is 2.72. The van der Waals surface area contributed by atoms with Crippen LogP contribution in [0.15, 0.2) is 46.0 Å². The molecule has 1 amide bonds. The van der Waals surface area contributed by atoms with Crippen LogP contribution in [0, 0.1) is 0 Å². The van der Waals surface area contributed by atoms with E-state index in [4.69, 9.17) is 18.9 Å². The third kappa shape index (κ3) is 3.71. The van der Waals surface area contributed by atoms with Crippen molar-refractivity contribution in [3.8, 4) is 17.2 Å². The van der Waals surface area contributed by atoms with E-state index in [2.05, 4.69) is 21.0 Å². The number of rotatable bonds is 5. The number of halogens is 1. The van der Waals surface area contributed by atoms with Crippen LogP contribution in [0.5, 0.6) is 17.2 Å². The lowest BCUT2D eigenvalue weighted by Crippen LogP contribution is -2.25. The fourth-order valence-corrected chi connectivity index (χ4v) is 2.99. The molecule has 142 valence electrons. The number of hydrogen-bond donors (Lipinski definition) is 0. The summed E-state index contributed by atoms with van der Waals surface area (Å²) in [4.78, 5) is 12.2. The molecule has 0 fully saturated rings. The minimum Gasteiger partial charge on any atom is -0.496 e. The van der Waals surface area contributed by atoms with E-state index in [1.807, 2.05) is 24.3 Å². The van der Waals surface area contributed by atoms with Gasteiger partial charge in [-0.1, -0.05) is 15.9 Å². The van der Waals surface area contributed by atoms with Gasteiger partial charge in [0.1, 0.15) is 5.75 Å². The lowest BCUT2D eigenvalue weighted by Gasteiger charge is -2.22. The molecular formula is C19H19BrN2O5. The molecule has 7 nitrogen and oxygen atoms in total. The Morgan fingerprint density at radius 1 is 1.04 bits per heavy atom. The van der Waals surface area contributed by atoms with E-state index >= 15 is 0 Å². The number of carbonyl (C=O) groups excluding carboxylic acids is 1. The predicted octanol–water partition coefficient (Wildman–Crippen LogP) is 3.71. The number of nitrogens with zero attached hydrogens (tertiary/aromatic N) is 2. The van der Waals surface area contributed by atoms with Gasteiger partial charge >= 0.3 is 0 Å². The third-order valence-electron chi connectivity index (χ3n) is 4.06. The summed E-state index contributed by atoms with van der Waals surface area (Å²) in [6, 6.07) is 10.9. The van der Waals surface area contributed by atoms with Crippen molar-refractivity contribution >= 4 is 27.7 Å². The highest BCUT2D eigenvalue weighted by Gasteiger charge is 2.36. The average molecular weight is 435 g/mol. The molecule has 0 spiro atoms. The van der Waals surface area contributed by atoms with Gasteiger partial charge in [-0.25, -0.2) is 0 Å². The summed E-state index contributed by atoms with van der Waals surface area (Å²) >= 11 is 3.40. The third-order valence-corrected chi connectivity index (χ3v) is 4.59. The molecule has 0 unspecified atom stereocenters. The van der Waals surface area contributed by atoms with Crippen LogP contribution in [-0.2, 0) is 9.53 Å². The second-order valence-corrected chi connectivity index (χ2v) is 6.61. The van der Waals surface area contributed by atoms with Crippen molar-refractivity contribution in [1.29, 1.82) is 0 Å². The van der Waals surface area contributed by atoms with Crippen LogP contribution in [0.3, 0.4) is 0 Å². The Kier molecular flexibility index (Phi) is 5.55. The minimum atomic E-state index is -0.782. The van der Waals surface area contributed by atoms with E-state index in [1.54, 1.807) is 19.2 Å². The van der Waals surface area contributed by atoms with Gasteiger partial charge in [-0.2, -0.15) is 5.01 Å². The van der Waals surface area contributed by atoms with Crippen LogP contribution >= 0.6 is 15.9 Å². The van der Waals surface area contributed by atoms with Crippen molar-refractivity contribution in [3.63, 3.8) is 0 Å². The zero-order chi connectivity index (χ0) is 19.6. The SMILES string of the molecule is COc1cc(OC)c([C@H]2OC(c3ccc(Br)cc3)=NN2C(C)=O)cc1OC. The second-order valence-electron chi connectivity index (χ2n) is 5.69. The summed E-state index contributed by atoms with van der Waals surface area (Å²) in [5.74, 6) is 1.59. The molecule has 1 atom stereocenters. The topological polar surface area (TPSA) is 69.6 Å². The van der Waals surface area contributed by atoms with Crippen LogP contribution in [0.1, 0.15) is 24.3 Å². The molecule has 2 aromatic rings. The Morgan fingerprint density at radius 3 is 2.19 bits per heavy atom. The molecule has 0 saturated carbocycles. The minimum absolute atomic E-state index is 0.260. The van der Waals surface area contributed by atoms with Crippen molar-refractivity contribution in [1.82, 2.24) is 5.01 Å². The molecule has 1 aliphatic heterocycles. The molecule has 1 aliphatic rings. The van der Waals surface area contributed by atoms with Crippen LogP contribution in [0.2, 0.25) is 0 Å². The molecule has 8 heteroatoms. The van der Waals surface area contributed by atoms with E-state index in [9.17, 15) is 4.79 Å². The number of amides is 1. The molecule has 27 heavy (non-hydrogen) atoms. The lowest BCUT2D eigenvalue weighted by atomic mass is 10.1. The van der Waals surface area contributed by atoms with E-state index in [0.717, 1.165) is 10.0 Å². The first kappa shape index (κ1) is 19.0. The maximum atomic E-state index is 12.2. The van der Waals surface area contributed by atoms with Crippen LogP contribution in [-0.4, -0.2) is 38.1 Å². The summed E-state index contributed by atoms with van der Waals surface area (Å²) in [6.07, 6.45) is -0.782. The van der Waals surface area contributed by atoms with Gasteiger partial charge in [0.05, 0.1) is 26.9 Å². The zero-order valence-electron chi connectivity index (χ0n) is 15.4. The summed E-state index contributed by atoms with van der Waals surface area (Å²) in [6.45, 7) is 1.43. The summed E-state index contributed by atoms with van der Waals surface area (Å²) in [5.41, 5.74) is 1.35. The second kappa shape index (κ2) is 7.87. The first-order valence-electron chi connectivity index (χ1n) is 8.09. The van der Waals surface area contributed by atoms with Gasteiger partial charge in [0.2, 0.25) is 18.0 Å². The van der Waals surface area contributed by atoms with Crippen LogP contribution in [0.25, 0.3) is 0 Å². The molecule has 2 aromatic carbocycles. The molecule has 0 saturated heterocycles. The largest absolute Gasteiger partial charge is 0.496 e. The Bertz CT molecular complexity index is 882. The monoisotopic (exact) mass is 434 g/mol. The van der Waals surface area contributed by atoms with Crippen LogP contribution in [0.4, 0.5) is 0 Å². The maximum absolute atomic E-state index is 12.2. The number of methoxy groups -OCH3 is 3. The molecule has 0 bridgehead atoms. The van der Waals surface area contributed by atoms with Crippen molar-refractivity contribution < 1.29 is 23.7 Å². The van der Waals surface area contributed by atoms with Gasteiger partial charge in [0.25, 0.3) is 0 Å². The Hall–Kier alpha value is -2.74. The van der Waals surface area contributed by atoms with Gasteiger partial charge in [-0.15, -0.1) is 5.10 Å². The number of hydrazone groups is 1. The lowest BCUT2D eigenvalue weighted by molar-refractivity contribution is -0.135. The van der Waals surface area contributed by atoms with Gasteiger partial charge in [0, 0.05) is 23.0 Å². The standard InChI is InChI=1S/C19H19BrN2O5/c1-11(23)22-19(27-18(21-22)12-5-7-13(20)8-6-12)14-9-16(25-3)17(26-4)10-15(14)24-2/h5-10,19H,1-4H3/t19-/m1/s1. The first-order valence-corrected chi connectivity index (χ1v) is 8.88. The van der Waals surface area contributed by atoms with Gasteiger partial charge in [0.15, 0.2) is 11.5 Å². The highest BCUT2D eigenvalue weighted by molar-refractivity contribution is 9.10. The average Bonchev–Trinajstić information content (AvgIpc) is 3.12. The Morgan fingerprint density at radius 2 is 1.63 bits per heavy atom. The number of hydrogen-bond acceptors (Lipinski definition) is 6. The van der Waals surface area contributed by atoms with Gasteiger partial charge in [-0.05, 0) is 30.3 Å². The van der Waals surface area contributed by atoms with Crippen LogP contribution < -0.4 is 14.2 Å². The molecular weight excluding hydrogens is 416 g/mol. The normalized spacial score (nSPS) is 15.8. The molecule has 0 aliphatic carbocycles. The van der Waals surface area contributed by atoms with Gasteiger partial charge in [-0.3, -0.25) is 4.79 Å². The fraction of sp³-hybridized carbons (Fsp3) is 0.263. The van der Waals surface area contributed by atoms with E-state index in [0.29, 0.717) is 28.7 Å². The highest BCUT2D eigenvalue weighted by Crippen LogP contribution is 2.41. The first-order chi connectivity index (χ1) is 13.0. The number of carbonyl (C=O) groups is 1. The molecule has 0 radical (unpaired) electrons. The van der Waals surface area contributed by atoms with Crippen molar-refractivity contribution in [2.75, 3.05) is 21.3 Å². The van der Waals surface area contributed by atoms with Crippen molar-refractivity contribution in [2.45, 2.75) is 13.2 Å². The summed E-state index contributed by atoms with van der Waals surface area (Å²) < 4.78 is 23.1. The molecule has 1 heterocycles. The Labute approximate surface area is 165 Å². The van der Waals surface area contributed by atoms with Gasteiger partial charge < -0.3 is 18.9 Å². The number of ether oxygens (including phenoxy) is 4. The molecule has 0 N–H and O–H groups in total. The Balaban J connectivity index is 2.03. The zero-order valence-corrected chi connectivity index (χ0v) is 16.9. The van der Waals surface area contributed by atoms with E-state index < -0.39 is 6.23 Å². The predicted molar refractivity (Wildman–Crippen MR) is 103 cm³/mol. The molecule has 0 aromatic heterocycles. The quantitative estimate of drug-likeness (QED) is 0.716. The maximum Gasteiger partial charge on any atom is 0.243 e. The van der Waals surface area contributed by atoms with Crippen molar-refractivity contribution in [2.24, 2.45) is 5.10 Å². The molecule has 3 rings (SSSR count). The highest BCUT2D eigenvalue weighted by atomic mass is 79.9. The number of benzene rings is 2. The van der Waals surface area contributed by atoms with Crippen molar-refractivity contribution in [3.05, 3.63) is 52.0 Å². The van der Waals surface area contributed by atoms with E-state index in [-0.39, 0.29) is 5.91 Å².